The first-order chi connectivity index (χ1) is 17.8. The lowest BCUT2D eigenvalue weighted by Crippen LogP contribution is -2.44. The fourth-order valence-corrected chi connectivity index (χ4v) is 6.46. The molecule has 3 fully saturated rings. The first kappa shape index (κ1) is 25.5. The van der Waals surface area contributed by atoms with E-state index in [1.165, 1.54) is 24.9 Å². The summed E-state index contributed by atoms with van der Waals surface area (Å²) in [4.78, 5) is 40.4. The molecule has 0 radical (unpaired) electrons. The van der Waals surface area contributed by atoms with Crippen LogP contribution in [-0.2, 0) is 21.4 Å². The van der Waals surface area contributed by atoms with Gasteiger partial charge in [0.1, 0.15) is 0 Å². The number of carbonyl (C=O) groups is 3. The monoisotopic (exact) mass is 509 g/mol. The van der Waals surface area contributed by atoms with Gasteiger partial charge < -0.3 is 14.5 Å². The number of benzene rings is 1. The van der Waals surface area contributed by atoms with Gasteiger partial charge in [0.15, 0.2) is 0 Å². The molecule has 0 aliphatic carbocycles. The summed E-state index contributed by atoms with van der Waals surface area (Å²) in [6.45, 7) is 8.23. The maximum Gasteiger partial charge on any atom is 0.409 e. The van der Waals surface area contributed by atoms with E-state index in [4.69, 9.17) is 4.74 Å². The summed E-state index contributed by atoms with van der Waals surface area (Å²) in [6.07, 6.45) is 5.34. The third-order valence-corrected chi connectivity index (χ3v) is 8.66. The molecule has 37 heavy (non-hydrogen) atoms. The van der Waals surface area contributed by atoms with E-state index in [-0.39, 0.29) is 23.8 Å². The molecule has 3 aliphatic heterocycles. The predicted molar refractivity (Wildman–Crippen MR) is 141 cm³/mol. The van der Waals surface area contributed by atoms with Crippen molar-refractivity contribution in [2.24, 2.45) is 24.8 Å². The number of aryl methyl sites for hydroxylation is 1. The largest absolute Gasteiger partial charge is 0.450 e. The molecule has 2 aromatic rings. The van der Waals surface area contributed by atoms with Gasteiger partial charge in [0.2, 0.25) is 11.8 Å². The lowest BCUT2D eigenvalue weighted by atomic mass is 9.78. The number of rotatable bonds is 5. The normalized spacial score (nSPS) is 25.4. The summed E-state index contributed by atoms with van der Waals surface area (Å²) in [5, 5.41) is 8.12. The number of anilines is 1. The van der Waals surface area contributed by atoms with Gasteiger partial charge in [-0.25, -0.2) is 4.79 Å². The van der Waals surface area contributed by atoms with Crippen molar-refractivity contribution in [1.29, 1.82) is 0 Å². The van der Waals surface area contributed by atoms with Crippen LogP contribution in [0.2, 0.25) is 0 Å². The van der Waals surface area contributed by atoms with Crippen molar-refractivity contribution in [3.05, 3.63) is 23.9 Å². The van der Waals surface area contributed by atoms with Gasteiger partial charge in [-0.05, 0) is 75.0 Å². The third-order valence-electron chi connectivity index (χ3n) is 8.66. The maximum absolute atomic E-state index is 12.4. The van der Waals surface area contributed by atoms with E-state index in [9.17, 15) is 14.4 Å². The Balaban J connectivity index is 1.18. The lowest BCUT2D eigenvalue weighted by Gasteiger charge is -2.40. The average molecular weight is 510 g/mol. The minimum atomic E-state index is -0.380. The van der Waals surface area contributed by atoms with Gasteiger partial charge in [0.25, 0.3) is 0 Å². The number of carbonyl (C=O) groups excluding carboxylic acids is 3. The molecule has 0 bridgehead atoms. The number of nitrogens with one attached hydrogen (secondary N) is 1. The molecule has 9 nitrogen and oxygen atoms in total. The molecule has 0 spiro atoms. The van der Waals surface area contributed by atoms with Crippen LogP contribution >= 0.6 is 0 Å². The molecule has 3 aliphatic rings. The van der Waals surface area contributed by atoms with E-state index in [0.29, 0.717) is 31.3 Å². The van der Waals surface area contributed by atoms with Gasteiger partial charge in [-0.2, -0.15) is 5.10 Å². The zero-order chi connectivity index (χ0) is 26.1. The van der Waals surface area contributed by atoms with Gasteiger partial charge in [-0.15, -0.1) is 0 Å². The minimum Gasteiger partial charge on any atom is -0.450 e. The summed E-state index contributed by atoms with van der Waals surface area (Å²) in [7, 11) is 1.92. The Labute approximate surface area is 218 Å². The standard InChI is InChI=1S/C28H39N5O4/c1-4-37-28(36)33-14-11-20(18(2)17-33)15-19-9-12-32(13-10-19)21-5-6-22-24(16-21)31(3)30-26(22)23-7-8-25(34)29-27(23)35/h5-6,16,18-20,23H,4,7-15,17H2,1-3H3,(H,29,34,35)/t18-,20-,23?/m0/s1. The molecule has 1 N–H and O–H groups in total. The number of fused-ring (bicyclic) bond motifs is 1. The van der Waals surface area contributed by atoms with E-state index in [2.05, 4.69) is 40.4 Å². The average Bonchev–Trinajstić information content (AvgIpc) is 3.21. The highest BCUT2D eigenvalue weighted by Crippen LogP contribution is 2.36. The third kappa shape index (κ3) is 5.31. The van der Waals surface area contributed by atoms with Crippen LogP contribution in [-0.4, -0.2) is 65.4 Å². The van der Waals surface area contributed by atoms with Crippen molar-refractivity contribution in [3.8, 4) is 0 Å². The highest BCUT2D eigenvalue weighted by atomic mass is 16.6. The topological polar surface area (TPSA) is 96.8 Å². The highest BCUT2D eigenvalue weighted by molar-refractivity contribution is 6.02. The SMILES string of the molecule is CCOC(=O)N1CC[C@@H](CC2CCN(c3ccc4c(C5CCC(=O)NC5=O)nn(C)c4c3)CC2)[C@@H](C)C1. The van der Waals surface area contributed by atoms with Gasteiger partial charge in [-0.3, -0.25) is 19.6 Å². The van der Waals surface area contributed by atoms with Crippen LogP contribution in [0.25, 0.3) is 10.9 Å². The number of aromatic nitrogens is 2. The molecule has 200 valence electrons. The van der Waals surface area contributed by atoms with Gasteiger partial charge in [-0.1, -0.05) is 6.92 Å². The molecule has 1 unspecified atom stereocenters. The van der Waals surface area contributed by atoms with Crippen LogP contribution in [0.5, 0.6) is 0 Å². The first-order valence-corrected chi connectivity index (χ1v) is 13.8. The van der Waals surface area contributed by atoms with Crippen LogP contribution in [0.1, 0.15) is 64.0 Å². The Hall–Kier alpha value is -3.10. The van der Waals surface area contributed by atoms with E-state index in [1.807, 2.05) is 23.6 Å². The molecule has 9 heteroatoms. The molecule has 0 saturated carbocycles. The molecule has 1 aromatic heterocycles. The number of hydrogen-bond donors (Lipinski definition) is 1. The Morgan fingerprint density at radius 2 is 1.92 bits per heavy atom. The fraction of sp³-hybridized carbons (Fsp3) is 0.643. The van der Waals surface area contributed by atoms with Crippen LogP contribution in [0.4, 0.5) is 10.5 Å². The van der Waals surface area contributed by atoms with Crippen molar-refractivity contribution in [1.82, 2.24) is 20.0 Å². The van der Waals surface area contributed by atoms with Crippen LogP contribution in [0.3, 0.4) is 0 Å². The molecular weight excluding hydrogens is 470 g/mol. The quantitative estimate of drug-likeness (QED) is 0.616. The summed E-state index contributed by atoms with van der Waals surface area (Å²) in [5.41, 5.74) is 2.97. The van der Waals surface area contributed by atoms with E-state index in [0.717, 1.165) is 55.1 Å². The number of piperidine rings is 3. The first-order valence-electron chi connectivity index (χ1n) is 13.8. The molecule has 5 rings (SSSR count). The van der Waals surface area contributed by atoms with Gasteiger partial charge in [0.05, 0.1) is 23.7 Å². The number of imide groups is 1. The predicted octanol–water partition coefficient (Wildman–Crippen LogP) is 3.81. The second kappa shape index (κ2) is 10.7. The number of ether oxygens (including phenoxy) is 1. The molecular formula is C28H39N5O4. The molecule has 3 saturated heterocycles. The minimum absolute atomic E-state index is 0.171. The number of hydrogen-bond acceptors (Lipinski definition) is 6. The number of nitrogens with zero attached hydrogens (tertiary/aromatic N) is 4. The second-order valence-electron chi connectivity index (χ2n) is 11.1. The molecule has 4 heterocycles. The van der Waals surface area contributed by atoms with Crippen molar-refractivity contribution >= 4 is 34.5 Å². The van der Waals surface area contributed by atoms with Crippen molar-refractivity contribution in [2.45, 2.75) is 58.3 Å². The highest BCUT2D eigenvalue weighted by Gasteiger charge is 2.33. The smallest absolute Gasteiger partial charge is 0.409 e. The summed E-state index contributed by atoms with van der Waals surface area (Å²) >= 11 is 0. The van der Waals surface area contributed by atoms with E-state index in [1.54, 1.807) is 0 Å². The molecule has 3 amide bonds. The number of likely N-dealkylation sites (tertiary alicyclic amines) is 1. The summed E-state index contributed by atoms with van der Waals surface area (Å²) in [5.74, 6) is 1.06. The Bertz CT molecular complexity index is 1170. The number of amides is 3. The van der Waals surface area contributed by atoms with E-state index < -0.39 is 0 Å². The lowest BCUT2D eigenvalue weighted by molar-refractivity contribution is -0.134. The van der Waals surface area contributed by atoms with Crippen molar-refractivity contribution < 1.29 is 19.1 Å². The van der Waals surface area contributed by atoms with Gasteiger partial charge >= 0.3 is 6.09 Å². The maximum atomic E-state index is 12.4. The van der Waals surface area contributed by atoms with Crippen molar-refractivity contribution in [2.75, 3.05) is 37.7 Å². The fourth-order valence-electron chi connectivity index (χ4n) is 6.46. The molecule has 1 aromatic carbocycles. The van der Waals surface area contributed by atoms with Crippen LogP contribution in [0, 0.1) is 17.8 Å². The zero-order valence-electron chi connectivity index (χ0n) is 22.2. The Morgan fingerprint density at radius 1 is 1.14 bits per heavy atom. The Kier molecular flexibility index (Phi) is 7.40. The molecule has 3 atom stereocenters. The van der Waals surface area contributed by atoms with Crippen LogP contribution in [0.15, 0.2) is 18.2 Å². The summed E-state index contributed by atoms with van der Waals surface area (Å²) in [6, 6.07) is 6.42. The Morgan fingerprint density at radius 3 is 2.62 bits per heavy atom. The zero-order valence-corrected chi connectivity index (χ0v) is 22.2. The van der Waals surface area contributed by atoms with E-state index >= 15 is 0 Å². The van der Waals surface area contributed by atoms with Gasteiger partial charge in [0, 0.05) is 50.7 Å². The van der Waals surface area contributed by atoms with Crippen LogP contribution < -0.4 is 10.2 Å². The summed E-state index contributed by atoms with van der Waals surface area (Å²) < 4.78 is 7.05. The second-order valence-corrected chi connectivity index (χ2v) is 11.1. The van der Waals surface area contributed by atoms with Crippen molar-refractivity contribution in [3.63, 3.8) is 0 Å².